The molecule has 0 saturated heterocycles. The molecule has 0 saturated carbocycles. The van der Waals surface area contributed by atoms with E-state index in [0.717, 1.165) is 6.07 Å². The second-order valence-electron chi connectivity index (χ2n) is 4.27. The third-order valence-corrected chi connectivity index (χ3v) is 4.56. The van der Waals surface area contributed by atoms with Gasteiger partial charge in [0.15, 0.2) is 0 Å². The maximum atomic E-state index is 12.3. The first-order valence-corrected chi connectivity index (χ1v) is 7.51. The van der Waals surface area contributed by atoms with Crippen LogP contribution in [0.5, 0.6) is 0 Å². The van der Waals surface area contributed by atoms with Gasteiger partial charge in [-0.15, -0.1) is 0 Å². The van der Waals surface area contributed by atoms with Crippen molar-refractivity contribution in [3.05, 3.63) is 53.1 Å². The highest BCUT2D eigenvalue weighted by molar-refractivity contribution is 7.91. The molecule has 0 unspecified atom stereocenters. The van der Waals surface area contributed by atoms with Crippen molar-refractivity contribution >= 4 is 15.5 Å². The van der Waals surface area contributed by atoms with Crippen LogP contribution in [0.3, 0.4) is 0 Å². The summed E-state index contributed by atoms with van der Waals surface area (Å²) >= 11 is 0. The van der Waals surface area contributed by atoms with Crippen molar-refractivity contribution in [1.82, 2.24) is 19.9 Å². The van der Waals surface area contributed by atoms with E-state index in [9.17, 15) is 18.5 Å². The van der Waals surface area contributed by atoms with Gasteiger partial charge in [0.2, 0.25) is 15.0 Å². The van der Waals surface area contributed by atoms with Crippen LogP contribution >= 0.6 is 0 Å². The summed E-state index contributed by atoms with van der Waals surface area (Å²) in [6.07, 6.45) is 5.62. The lowest BCUT2D eigenvalue weighted by Crippen LogP contribution is -2.05. The minimum Gasteiger partial charge on any atom is -0.344 e. The lowest BCUT2D eigenvalue weighted by Gasteiger charge is -2.04. The van der Waals surface area contributed by atoms with Gasteiger partial charge in [-0.2, -0.15) is 0 Å². The Labute approximate surface area is 124 Å². The SMILES string of the molecule is O=[N+]([O-])c1cc(S(=O)(=O)c2ncc[nH]2)ccc1-c1ncc[nH]1. The van der Waals surface area contributed by atoms with Gasteiger partial charge in [-0.25, -0.2) is 18.4 Å². The van der Waals surface area contributed by atoms with Crippen LogP contribution in [0.15, 0.2) is 53.0 Å². The molecule has 2 heterocycles. The van der Waals surface area contributed by atoms with Crippen molar-refractivity contribution in [1.29, 1.82) is 0 Å². The van der Waals surface area contributed by atoms with E-state index in [-0.39, 0.29) is 27.1 Å². The molecule has 1 aromatic carbocycles. The lowest BCUT2D eigenvalue weighted by molar-refractivity contribution is -0.384. The molecule has 3 rings (SSSR count). The number of nitro benzene ring substituents is 1. The molecular formula is C12H9N5O4S. The number of H-pyrrole nitrogens is 2. The maximum Gasteiger partial charge on any atom is 0.281 e. The van der Waals surface area contributed by atoms with E-state index in [4.69, 9.17) is 0 Å². The Kier molecular flexibility index (Phi) is 3.22. The van der Waals surface area contributed by atoms with Crippen LogP contribution in [0.1, 0.15) is 0 Å². The number of nitrogens with one attached hydrogen (secondary N) is 2. The van der Waals surface area contributed by atoms with Gasteiger partial charge in [0.25, 0.3) is 5.69 Å². The summed E-state index contributed by atoms with van der Waals surface area (Å²) in [7, 11) is -3.94. The predicted octanol–water partition coefficient (Wildman–Crippen LogP) is 1.54. The zero-order chi connectivity index (χ0) is 15.7. The fourth-order valence-electron chi connectivity index (χ4n) is 1.95. The number of hydrogen-bond donors (Lipinski definition) is 2. The van der Waals surface area contributed by atoms with E-state index in [1.165, 1.54) is 36.9 Å². The molecule has 2 N–H and O–H groups in total. The third kappa shape index (κ3) is 2.24. The summed E-state index contributed by atoms with van der Waals surface area (Å²) in [5.74, 6) is 0.286. The average Bonchev–Trinajstić information content (AvgIpc) is 3.20. The fraction of sp³-hybridized carbons (Fsp3) is 0. The summed E-state index contributed by atoms with van der Waals surface area (Å²) in [6, 6.07) is 3.62. The first kappa shape index (κ1) is 13.9. The van der Waals surface area contributed by atoms with Gasteiger partial charge in [-0.3, -0.25) is 10.1 Å². The largest absolute Gasteiger partial charge is 0.344 e. The zero-order valence-corrected chi connectivity index (χ0v) is 11.7. The summed E-state index contributed by atoms with van der Waals surface area (Å²) in [4.78, 5) is 23.2. The number of sulfone groups is 1. The molecule has 112 valence electrons. The normalized spacial score (nSPS) is 11.5. The van der Waals surface area contributed by atoms with Crippen LogP contribution in [0.2, 0.25) is 0 Å². The standard InChI is InChI=1S/C12H9N5O4S/c18-17(19)10-7-8(22(20,21)12-15-5-6-16-12)1-2-9(10)11-13-3-4-14-11/h1-7H,(H,13,14)(H,15,16). The number of benzene rings is 1. The summed E-state index contributed by atoms with van der Waals surface area (Å²) in [6.45, 7) is 0. The van der Waals surface area contributed by atoms with E-state index < -0.39 is 14.8 Å². The summed E-state index contributed by atoms with van der Waals surface area (Å²) < 4.78 is 24.7. The van der Waals surface area contributed by atoms with Crippen LogP contribution in [0.4, 0.5) is 5.69 Å². The Balaban J connectivity index is 2.17. The monoisotopic (exact) mass is 319 g/mol. The summed E-state index contributed by atoms with van der Waals surface area (Å²) in [5.41, 5.74) is -0.157. The smallest absolute Gasteiger partial charge is 0.281 e. The van der Waals surface area contributed by atoms with Gasteiger partial charge in [0, 0.05) is 30.9 Å². The lowest BCUT2D eigenvalue weighted by atomic mass is 10.1. The zero-order valence-electron chi connectivity index (χ0n) is 10.9. The first-order valence-electron chi connectivity index (χ1n) is 6.03. The Morgan fingerprint density at radius 2 is 1.82 bits per heavy atom. The van der Waals surface area contributed by atoms with Crippen molar-refractivity contribution < 1.29 is 13.3 Å². The molecule has 0 fully saturated rings. The van der Waals surface area contributed by atoms with Crippen molar-refractivity contribution in [3.63, 3.8) is 0 Å². The first-order chi connectivity index (χ1) is 10.5. The number of nitrogens with zero attached hydrogens (tertiary/aromatic N) is 3. The van der Waals surface area contributed by atoms with Crippen LogP contribution in [0, 0.1) is 10.1 Å². The molecule has 9 nitrogen and oxygen atoms in total. The highest BCUT2D eigenvalue weighted by Crippen LogP contribution is 2.31. The minimum absolute atomic E-state index is 0.202. The Morgan fingerprint density at radius 3 is 2.41 bits per heavy atom. The molecule has 10 heteroatoms. The molecule has 0 atom stereocenters. The second kappa shape index (κ2) is 5.07. The average molecular weight is 319 g/mol. The van der Waals surface area contributed by atoms with Crippen LogP contribution in [0.25, 0.3) is 11.4 Å². The molecule has 0 bridgehead atoms. The van der Waals surface area contributed by atoms with Crippen molar-refractivity contribution in [3.8, 4) is 11.4 Å². The molecule has 3 aromatic rings. The minimum atomic E-state index is -3.94. The van der Waals surface area contributed by atoms with Crippen LogP contribution in [-0.2, 0) is 9.84 Å². The number of aromatic amines is 2. The summed E-state index contributed by atoms with van der Waals surface area (Å²) in [5, 5.41) is 11.0. The molecular weight excluding hydrogens is 310 g/mol. The Hall–Kier alpha value is -3.01. The molecule has 22 heavy (non-hydrogen) atoms. The number of nitro groups is 1. The molecule has 0 radical (unpaired) electrons. The van der Waals surface area contributed by atoms with Crippen molar-refractivity contribution in [2.24, 2.45) is 0 Å². The van der Waals surface area contributed by atoms with Gasteiger partial charge < -0.3 is 9.97 Å². The topological polar surface area (TPSA) is 135 Å². The van der Waals surface area contributed by atoms with E-state index in [0.29, 0.717) is 0 Å². The van der Waals surface area contributed by atoms with Crippen LogP contribution in [-0.4, -0.2) is 33.3 Å². The second-order valence-corrected chi connectivity index (χ2v) is 6.14. The number of imidazole rings is 2. The van der Waals surface area contributed by atoms with E-state index in [1.807, 2.05) is 0 Å². The Bertz CT molecular complexity index is 917. The third-order valence-electron chi connectivity index (χ3n) is 2.96. The fourth-order valence-corrected chi connectivity index (χ4v) is 3.11. The van der Waals surface area contributed by atoms with E-state index in [1.54, 1.807) is 0 Å². The number of hydrogen-bond acceptors (Lipinski definition) is 6. The predicted molar refractivity (Wildman–Crippen MR) is 74.7 cm³/mol. The van der Waals surface area contributed by atoms with E-state index in [2.05, 4.69) is 19.9 Å². The van der Waals surface area contributed by atoms with Gasteiger partial charge in [-0.1, -0.05) is 0 Å². The van der Waals surface area contributed by atoms with Gasteiger partial charge in [0.1, 0.15) is 5.82 Å². The number of aromatic nitrogens is 4. The Morgan fingerprint density at radius 1 is 1.09 bits per heavy atom. The maximum absolute atomic E-state index is 12.3. The van der Waals surface area contributed by atoms with Crippen molar-refractivity contribution in [2.45, 2.75) is 10.1 Å². The highest BCUT2D eigenvalue weighted by atomic mass is 32.2. The van der Waals surface area contributed by atoms with E-state index >= 15 is 0 Å². The van der Waals surface area contributed by atoms with Gasteiger partial charge in [0.05, 0.1) is 15.4 Å². The highest BCUT2D eigenvalue weighted by Gasteiger charge is 2.25. The molecule has 0 aliphatic heterocycles. The molecule has 0 aliphatic rings. The van der Waals surface area contributed by atoms with Crippen LogP contribution < -0.4 is 0 Å². The van der Waals surface area contributed by atoms with Gasteiger partial charge in [-0.05, 0) is 12.1 Å². The molecule has 0 spiro atoms. The molecule has 2 aromatic heterocycles. The van der Waals surface area contributed by atoms with Gasteiger partial charge >= 0.3 is 0 Å². The molecule has 0 aliphatic carbocycles. The number of rotatable bonds is 4. The molecule has 0 amide bonds. The van der Waals surface area contributed by atoms with Crippen molar-refractivity contribution in [2.75, 3.05) is 0 Å². The quantitative estimate of drug-likeness (QED) is 0.553.